The number of nitrogens with zero attached hydrogens (tertiary/aromatic N) is 3. The molecule has 0 unspecified atom stereocenters. The van der Waals surface area contributed by atoms with E-state index in [0.717, 1.165) is 0 Å². The number of fused-ring (bicyclic) bond motifs is 1. The number of nitrogens with one attached hydrogen (secondary N) is 1. The Labute approximate surface area is 101 Å². The van der Waals surface area contributed by atoms with Crippen LogP contribution in [0.3, 0.4) is 0 Å². The highest BCUT2D eigenvalue weighted by Crippen LogP contribution is 2.27. The van der Waals surface area contributed by atoms with E-state index in [2.05, 4.69) is 20.3 Å². The number of thiazole rings is 1. The number of halogens is 1. The van der Waals surface area contributed by atoms with Gasteiger partial charge in [-0.25, -0.2) is 15.0 Å². The van der Waals surface area contributed by atoms with Crippen LogP contribution in [0.2, 0.25) is 5.15 Å². The van der Waals surface area contributed by atoms with Crippen molar-refractivity contribution in [1.29, 1.82) is 0 Å². The van der Waals surface area contributed by atoms with E-state index < -0.39 is 0 Å². The quantitative estimate of drug-likeness (QED) is 0.838. The molecule has 1 amide bonds. The lowest BCUT2D eigenvalue weighted by Gasteiger charge is -2.02. The van der Waals surface area contributed by atoms with Gasteiger partial charge in [0.15, 0.2) is 10.3 Å². The third kappa shape index (κ3) is 2.12. The van der Waals surface area contributed by atoms with Crippen LogP contribution in [0.1, 0.15) is 13.8 Å². The lowest BCUT2D eigenvalue weighted by atomic mass is 10.2. The first-order valence-electron chi connectivity index (χ1n) is 4.66. The second-order valence-corrected chi connectivity index (χ2v) is 4.82. The highest BCUT2D eigenvalue weighted by Gasteiger charge is 2.13. The highest BCUT2D eigenvalue weighted by atomic mass is 35.5. The van der Waals surface area contributed by atoms with Gasteiger partial charge in [0, 0.05) is 5.92 Å². The Bertz CT molecular complexity index is 539. The van der Waals surface area contributed by atoms with Crippen LogP contribution in [0.4, 0.5) is 5.13 Å². The van der Waals surface area contributed by atoms with E-state index in [4.69, 9.17) is 11.6 Å². The zero-order valence-corrected chi connectivity index (χ0v) is 10.3. The summed E-state index contributed by atoms with van der Waals surface area (Å²) in [6.07, 6.45) is 1.37. The van der Waals surface area contributed by atoms with Gasteiger partial charge in [-0.15, -0.1) is 0 Å². The summed E-state index contributed by atoms with van der Waals surface area (Å²) in [6.45, 7) is 3.63. The molecule has 0 aliphatic heterocycles. The Balaban J connectivity index is 2.33. The van der Waals surface area contributed by atoms with Gasteiger partial charge in [0.25, 0.3) is 0 Å². The van der Waals surface area contributed by atoms with Gasteiger partial charge < -0.3 is 5.32 Å². The van der Waals surface area contributed by atoms with E-state index in [-0.39, 0.29) is 11.8 Å². The standard InChI is InChI=1S/C9H9ClN4OS/c1-4(2)7(15)14-9-13-5-6(10)11-3-12-8(5)16-9/h3-4H,1-2H3,(H,13,14,15). The van der Waals surface area contributed by atoms with Gasteiger partial charge in [0.05, 0.1) is 0 Å². The molecule has 2 aromatic heterocycles. The average Bonchev–Trinajstić information content (AvgIpc) is 2.61. The summed E-state index contributed by atoms with van der Waals surface area (Å²) in [5.74, 6) is -0.170. The number of carbonyl (C=O) groups is 1. The predicted molar refractivity (Wildman–Crippen MR) is 63.7 cm³/mol. The molecule has 0 saturated carbocycles. The molecule has 5 nitrogen and oxygen atoms in total. The second kappa shape index (κ2) is 4.31. The first-order valence-corrected chi connectivity index (χ1v) is 5.85. The molecule has 0 atom stereocenters. The van der Waals surface area contributed by atoms with E-state index in [1.807, 2.05) is 13.8 Å². The molecule has 0 radical (unpaired) electrons. The smallest absolute Gasteiger partial charge is 0.228 e. The van der Waals surface area contributed by atoms with Gasteiger partial charge in [-0.3, -0.25) is 4.79 Å². The summed E-state index contributed by atoms with van der Waals surface area (Å²) < 4.78 is 0. The number of hydrogen-bond acceptors (Lipinski definition) is 5. The Hall–Kier alpha value is -1.27. The highest BCUT2D eigenvalue weighted by molar-refractivity contribution is 7.22. The van der Waals surface area contributed by atoms with Crippen LogP contribution in [0, 0.1) is 5.92 Å². The molecule has 1 N–H and O–H groups in total. The molecular formula is C9H9ClN4OS. The topological polar surface area (TPSA) is 67.8 Å². The first kappa shape index (κ1) is 11.2. The zero-order valence-electron chi connectivity index (χ0n) is 8.69. The summed E-state index contributed by atoms with van der Waals surface area (Å²) in [7, 11) is 0. The average molecular weight is 257 g/mol. The molecule has 7 heteroatoms. The van der Waals surface area contributed by atoms with Crippen LogP contribution in [-0.4, -0.2) is 20.9 Å². The minimum Gasteiger partial charge on any atom is -0.302 e. The van der Waals surface area contributed by atoms with Crippen molar-refractivity contribution >= 4 is 44.3 Å². The summed E-state index contributed by atoms with van der Waals surface area (Å²) in [5, 5.41) is 3.49. The molecule has 2 rings (SSSR count). The number of aromatic nitrogens is 3. The molecule has 0 fully saturated rings. The van der Waals surface area contributed by atoms with Crippen LogP contribution in [0.25, 0.3) is 10.3 Å². The Morgan fingerprint density at radius 1 is 1.50 bits per heavy atom. The van der Waals surface area contributed by atoms with E-state index in [1.165, 1.54) is 17.7 Å². The van der Waals surface area contributed by atoms with Crippen LogP contribution >= 0.6 is 22.9 Å². The maximum Gasteiger partial charge on any atom is 0.228 e. The Kier molecular flexibility index (Phi) is 3.02. The van der Waals surface area contributed by atoms with Crippen molar-refractivity contribution in [3.63, 3.8) is 0 Å². The summed E-state index contributed by atoms with van der Waals surface area (Å²) in [6, 6.07) is 0. The van der Waals surface area contributed by atoms with Gasteiger partial charge in [0.1, 0.15) is 16.7 Å². The van der Waals surface area contributed by atoms with E-state index in [1.54, 1.807) is 0 Å². The Morgan fingerprint density at radius 3 is 2.88 bits per heavy atom. The van der Waals surface area contributed by atoms with Crippen LogP contribution in [0.5, 0.6) is 0 Å². The van der Waals surface area contributed by atoms with Gasteiger partial charge in [-0.1, -0.05) is 36.8 Å². The fraction of sp³-hybridized carbons (Fsp3) is 0.333. The fourth-order valence-electron chi connectivity index (χ4n) is 1.03. The van der Waals surface area contributed by atoms with Gasteiger partial charge in [-0.2, -0.15) is 0 Å². The maximum atomic E-state index is 11.5. The van der Waals surface area contributed by atoms with E-state index in [9.17, 15) is 4.79 Å². The first-order chi connectivity index (χ1) is 7.58. The van der Waals surface area contributed by atoms with E-state index in [0.29, 0.717) is 20.6 Å². The molecule has 2 heterocycles. The number of amides is 1. The number of rotatable bonds is 2. The molecule has 0 aliphatic carbocycles. The van der Waals surface area contributed by atoms with Crippen molar-refractivity contribution in [2.75, 3.05) is 5.32 Å². The van der Waals surface area contributed by atoms with Crippen molar-refractivity contribution in [2.24, 2.45) is 5.92 Å². The summed E-state index contributed by atoms with van der Waals surface area (Å²) >= 11 is 7.13. The van der Waals surface area contributed by atoms with Crippen molar-refractivity contribution in [2.45, 2.75) is 13.8 Å². The molecule has 0 aromatic carbocycles. The zero-order chi connectivity index (χ0) is 11.7. The van der Waals surface area contributed by atoms with Gasteiger partial charge in [-0.05, 0) is 0 Å². The number of anilines is 1. The van der Waals surface area contributed by atoms with Crippen molar-refractivity contribution in [3.8, 4) is 0 Å². The Morgan fingerprint density at radius 2 is 2.25 bits per heavy atom. The predicted octanol–water partition coefficient (Wildman–Crippen LogP) is 2.33. The van der Waals surface area contributed by atoms with Crippen molar-refractivity contribution in [3.05, 3.63) is 11.5 Å². The second-order valence-electron chi connectivity index (χ2n) is 3.48. The molecule has 0 bridgehead atoms. The molecule has 2 aromatic rings. The molecule has 0 saturated heterocycles. The molecule has 16 heavy (non-hydrogen) atoms. The van der Waals surface area contributed by atoms with Crippen molar-refractivity contribution in [1.82, 2.24) is 15.0 Å². The van der Waals surface area contributed by atoms with Crippen LogP contribution in [0.15, 0.2) is 6.33 Å². The third-order valence-corrected chi connectivity index (χ3v) is 3.06. The molecular weight excluding hydrogens is 248 g/mol. The SMILES string of the molecule is CC(C)C(=O)Nc1nc2c(Cl)ncnc2s1. The maximum absolute atomic E-state index is 11.5. The lowest BCUT2D eigenvalue weighted by molar-refractivity contribution is -0.118. The largest absolute Gasteiger partial charge is 0.302 e. The molecule has 0 spiro atoms. The lowest BCUT2D eigenvalue weighted by Crippen LogP contribution is -2.17. The van der Waals surface area contributed by atoms with Gasteiger partial charge in [0.2, 0.25) is 5.91 Å². The third-order valence-electron chi connectivity index (χ3n) is 1.91. The van der Waals surface area contributed by atoms with Crippen LogP contribution in [-0.2, 0) is 4.79 Å². The monoisotopic (exact) mass is 256 g/mol. The normalized spacial score (nSPS) is 11.0. The van der Waals surface area contributed by atoms with Gasteiger partial charge >= 0.3 is 0 Å². The van der Waals surface area contributed by atoms with Crippen molar-refractivity contribution < 1.29 is 4.79 Å². The number of hydrogen-bond donors (Lipinski definition) is 1. The van der Waals surface area contributed by atoms with E-state index >= 15 is 0 Å². The summed E-state index contributed by atoms with van der Waals surface area (Å²) in [5.41, 5.74) is 0.522. The van der Waals surface area contributed by atoms with Crippen LogP contribution < -0.4 is 5.32 Å². The molecule has 84 valence electrons. The number of carbonyl (C=O) groups excluding carboxylic acids is 1. The fourth-order valence-corrected chi connectivity index (χ4v) is 2.07. The minimum absolute atomic E-state index is 0.0804. The summed E-state index contributed by atoms with van der Waals surface area (Å²) in [4.78, 5) is 24.1. The molecule has 0 aliphatic rings. The minimum atomic E-state index is -0.0893.